The van der Waals surface area contributed by atoms with E-state index in [0.29, 0.717) is 0 Å². The third-order valence-electron chi connectivity index (χ3n) is 4.89. The van der Waals surface area contributed by atoms with Crippen LogP contribution < -0.4 is 0 Å². The van der Waals surface area contributed by atoms with Crippen molar-refractivity contribution in [3.63, 3.8) is 0 Å². The lowest BCUT2D eigenvalue weighted by Crippen LogP contribution is -1.84. The zero-order valence-corrected chi connectivity index (χ0v) is 16.3. The highest BCUT2D eigenvalue weighted by Gasteiger charge is 1.94. The number of rotatable bonds is 19. The van der Waals surface area contributed by atoms with Gasteiger partial charge in [0.2, 0.25) is 0 Å². The van der Waals surface area contributed by atoms with E-state index >= 15 is 0 Å². The average Bonchev–Trinajstić information content (AvgIpc) is 2.57. The summed E-state index contributed by atoms with van der Waals surface area (Å²) in [6.45, 7) is 6.02. The highest BCUT2D eigenvalue weighted by atomic mass is 14.0. The first-order valence-corrected chi connectivity index (χ1v) is 10.9. The van der Waals surface area contributed by atoms with Crippen LogP contribution in [0.4, 0.5) is 0 Å². The molecule has 0 unspecified atom stereocenters. The lowest BCUT2D eigenvalue weighted by Gasteiger charge is -2.03. The summed E-state index contributed by atoms with van der Waals surface area (Å²) >= 11 is 0. The standard InChI is InChI=1S/C23H45/c1-3-5-7-9-11-13-15-17-19-21-23-22-20-18-16-14-12-10-8-6-4-2/h3,5H,1,4,6-23H2,2H3. The Hall–Kier alpha value is -0.260. The molecule has 23 heavy (non-hydrogen) atoms. The molecule has 1 radical (unpaired) electrons. The van der Waals surface area contributed by atoms with Crippen molar-refractivity contribution in [1.82, 2.24) is 0 Å². The monoisotopic (exact) mass is 321 g/mol. The van der Waals surface area contributed by atoms with Gasteiger partial charge >= 0.3 is 0 Å². The van der Waals surface area contributed by atoms with Crippen molar-refractivity contribution in [2.45, 2.75) is 129 Å². The lowest BCUT2D eigenvalue weighted by atomic mass is 10.0. The minimum absolute atomic E-state index is 1.22. The van der Waals surface area contributed by atoms with Crippen LogP contribution in [0.3, 0.4) is 0 Å². The second-order valence-electron chi connectivity index (χ2n) is 7.27. The normalized spacial score (nSPS) is 11.6. The second-order valence-corrected chi connectivity index (χ2v) is 7.27. The molecular weight excluding hydrogens is 276 g/mol. The van der Waals surface area contributed by atoms with Crippen molar-refractivity contribution in [3.05, 3.63) is 19.1 Å². The molecule has 0 saturated carbocycles. The fourth-order valence-electron chi connectivity index (χ4n) is 3.28. The minimum atomic E-state index is 1.22. The van der Waals surface area contributed by atoms with E-state index in [1.807, 2.05) is 6.08 Å². The van der Waals surface area contributed by atoms with Crippen molar-refractivity contribution in [2.24, 2.45) is 0 Å². The number of unbranched alkanes of at least 4 members (excludes halogenated alkanes) is 18. The highest BCUT2D eigenvalue weighted by Crippen LogP contribution is 2.14. The summed E-state index contributed by atoms with van der Waals surface area (Å²) in [5.41, 5.74) is 0. The zero-order valence-electron chi connectivity index (χ0n) is 16.3. The summed E-state index contributed by atoms with van der Waals surface area (Å²) in [6, 6.07) is 0. The average molecular weight is 322 g/mol. The summed E-state index contributed by atoms with van der Waals surface area (Å²) < 4.78 is 0. The van der Waals surface area contributed by atoms with E-state index in [2.05, 4.69) is 19.9 Å². The van der Waals surface area contributed by atoms with Crippen molar-refractivity contribution >= 4 is 0 Å². The largest absolute Gasteiger partial charge is 0.0885 e. The maximum absolute atomic E-state index is 3.72. The van der Waals surface area contributed by atoms with Crippen LogP contribution in [-0.4, -0.2) is 0 Å². The Bertz CT molecular complexity index is 216. The molecule has 0 aliphatic carbocycles. The van der Waals surface area contributed by atoms with Gasteiger partial charge in [-0.2, -0.15) is 0 Å². The molecule has 0 N–H and O–H groups in total. The van der Waals surface area contributed by atoms with Crippen LogP contribution in [0, 0.1) is 6.92 Å². The quantitative estimate of drug-likeness (QED) is 0.208. The first-order valence-electron chi connectivity index (χ1n) is 10.9. The Balaban J connectivity index is 2.95. The molecular formula is C23H45. The first kappa shape index (κ1) is 22.7. The van der Waals surface area contributed by atoms with E-state index in [4.69, 9.17) is 0 Å². The molecule has 0 heteroatoms. The molecule has 0 nitrogen and oxygen atoms in total. The summed E-state index contributed by atoms with van der Waals surface area (Å²) in [4.78, 5) is 0. The van der Waals surface area contributed by atoms with Crippen LogP contribution in [-0.2, 0) is 0 Å². The first-order chi connectivity index (χ1) is 11.4. The maximum atomic E-state index is 3.72. The molecule has 0 fully saturated rings. The molecule has 0 amide bonds. The Morgan fingerprint density at radius 2 is 0.783 bits per heavy atom. The minimum Gasteiger partial charge on any atom is -0.0885 e. The Labute approximate surface area is 148 Å². The fourth-order valence-corrected chi connectivity index (χ4v) is 3.28. The molecule has 137 valence electrons. The van der Waals surface area contributed by atoms with Crippen molar-refractivity contribution in [2.75, 3.05) is 0 Å². The van der Waals surface area contributed by atoms with E-state index in [1.165, 1.54) is 122 Å². The fraction of sp³-hybridized carbons (Fsp3) is 0.870. The second kappa shape index (κ2) is 21.7. The van der Waals surface area contributed by atoms with Crippen LogP contribution in [0.5, 0.6) is 0 Å². The predicted octanol–water partition coefficient (Wildman–Crippen LogP) is 8.81. The molecule has 0 spiro atoms. The predicted molar refractivity (Wildman–Crippen MR) is 108 cm³/mol. The zero-order chi connectivity index (χ0) is 16.8. The van der Waals surface area contributed by atoms with Gasteiger partial charge < -0.3 is 0 Å². The van der Waals surface area contributed by atoms with E-state index in [1.54, 1.807) is 0 Å². The molecule has 0 aromatic heterocycles. The van der Waals surface area contributed by atoms with Crippen LogP contribution in [0.25, 0.3) is 0 Å². The Morgan fingerprint density at radius 1 is 0.478 bits per heavy atom. The maximum Gasteiger partial charge on any atom is -0.0316 e. The molecule has 0 aliphatic rings. The molecule has 0 aromatic rings. The highest BCUT2D eigenvalue weighted by molar-refractivity contribution is 4.83. The topological polar surface area (TPSA) is 0 Å². The Kier molecular flexibility index (Phi) is 21.5. The van der Waals surface area contributed by atoms with Crippen molar-refractivity contribution in [1.29, 1.82) is 0 Å². The summed E-state index contributed by atoms with van der Waals surface area (Å²) in [5, 5.41) is 0. The summed E-state index contributed by atoms with van der Waals surface area (Å²) in [6.07, 6.45) is 31.5. The van der Waals surface area contributed by atoms with Gasteiger partial charge in [-0.1, -0.05) is 128 Å². The van der Waals surface area contributed by atoms with Gasteiger partial charge in [-0.15, -0.1) is 0 Å². The molecule has 0 saturated heterocycles. The van der Waals surface area contributed by atoms with Gasteiger partial charge in [0.25, 0.3) is 0 Å². The molecule has 0 bridgehead atoms. The summed E-state index contributed by atoms with van der Waals surface area (Å²) in [5.74, 6) is 0. The van der Waals surface area contributed by atoms with E-state index in [9.17, 15) is 0 Å². The molecule has 0 heterocycles. The van der Waals surface area contributed by atoms with Crippen molar-refractivity contribution in [3.8, 4) is 0 Å². The van der Waals surface area contributed by atoms with Gasteiger partial charge in [0, 0.05) is 0 Å². The van der Waals surface area contributed by atoms with Gasteiger partial charge in [-0.3, -0.25) is 0 Å². The third kappa shape index (κ3) is 21.7. The van der Waals surface area contributed by atoms with Crippen LogP contribution in [0.1, 0.15) is 129 Å². The molecule has 0 atom stereocenters. The van der Waals surface area contributed by atoms with Crippen LogP contribution in [0.15, 0.2) is 12.2 Å². The number of allylic oxidation sites excluding steroid dienone is 2. The lowest BCUT2D eigenvalue weighted by molar-refractivity contribution is 0.525. The smallest absolute Gasteiger partial charge is 0.0316 e. The number of hydrogen-bond acceptors (Lipinski definition) is 0. The molecule has 0 aliphatic heterocycles. The molecule has 0 aromatic carbocycles. The van der Waals surface area contributed by atoms with Gasteiger partial charge in [0.05, 0.1) is 0 Å². The van der Waals surface area contributed by atoms with Crippen LogP contribution in [0.2, 0.25) is 0 Å². The van der Waals surface area contributed by atoms with Gasteiger partial charge in [-0.05, 0) is 19.8 Å². The van der Waals surface area contributed by atoms with Gasteiger partial charge in [0.15, 0.2) is 0 Å². The Morgan fingerprint density at radius 3 is 1.09 bits per heavy atom. The van der Waals surface area contributed by atoms with Gasteiger partial charge in [-0.25, -0.2) is 0 Å². The summed E-state index contributed by atoms with van der Waals surface area (Å²) in [7, 11) is 0. The van der Waals surface area contributed by atoms with E-state index in [-0.39, 0.29) is 0 Å². The third-order valence-corrected chi connectivity index (χ3v) is 4.89. The van der Waals surface area contributed by atoms with Crippen molar-refractivity contribution < 1.29 is 0 Å². The van der Waals surface area contributed by atoms with Crippen LogP contribution >= 0.6 is 0 Å². The van der Waals surface area contributed by atoms with Gasteiger partial charge in [0.1, 0.15) is 0 Å². The number of hydrogen-bond donors (Lipinski definition) is 0. The van der Waals surface area contributed by atoms with E-state index < -0.39 is 0 Å². The van der Waals surface area contributed by atoms with E-state index in [0.717, 1.165) is 0 Å². The molecule has 0 rings (SSSR count). The SMILES string of the molecule is [CH2]C=CCCCCCCCCCCCCCCCCCCCC.